The molecule has 0 aromatic heterocycles. The molecule has 16 heavy (non-hydrogen) atoms. The molecule has 2 rings (SSSR count). The Hall–Kier alpha value is -0.0800. The molecule has 0 bridgehead atoms. The predicted molar refractivity (Wildman–Crippen MR) is 69.4 cm³/mol. The lowest BCUT2D eigenvalue weighted by atomic mass is 9.79. The Morgan fingerprint density at radius 3 is 2.44 bits per heavy atom. The highest BCUT2D eigenvalue weighted by atomic mass is 15.1. The van der Waals surface area contributed by atoms with Crippen molar-refractivity contribution in [1.82, 2.24) is 4.90 Å². The Bertz CT molecular complexity index is 213. The van der Waals surface area contributed by atoms with Gasteiger partial charge >= 0.3 is 0 Å². The van der Waals surface area contributed by atoms with Crippen LogP contribution in [0.25, 0.3) is 0 Å². The molecule has 94 valence electrons. The third-order valence-electron chi connectivity index (χ3n) is 4.89. The maximum atomic E-state index is 6.29. The van der Waals surface area contributed by atoms with E-state index in [0.29, 0.717) is 12.1 Å². The molecule has 0 saturated heterocycles. The first-order chi connectivity index (χ1) is 7.70. The molecule has 2 N–H and O–H groups in total. The van der Waals surface area contributed by atoms with Gasteiger partial charge in [-0.25, -0.2) is 0 Å². The summed E-state index contributed by atoms with van der Waals surface area (Å²) in [5.74, 6) is 1.90. The van der Waals surface area contributed by atoms with Crippen LogP contribution in [0.5, 0.6) is 0 Å². The highest BCUT2D eigenvalue weighted by Gasteiger charge is 2.31. The monoisotopic (exact) mass is 224 g/mol. The fraction of sp³-hybridized carbons (Fsp3) is 1.00. The van der Waals surface area contributed by atoms with Crippen molar-refractivity contribution in [3.63, 3.8) is 0 Å². The minimum Gasteiger partial charge on any atom is -0.326 e. The molecular weight excluding hydrogens is 196 g/mol. The Morgan fingerprint density at radius 2 is 1.88 bits per heavy atom. The van der Waals surface area contributed by atoms with Crippen LogP contribution in [0.3, 0.4) is 0 Å². The second-order valence-electron chi connectivity index (χ2n) is 6.06. The zero-order chi connectivity index (χ0) is 11.5. The van der Waals surface area contributed by atoms with Crippen LogP contribution in [0, 0.1) is 11.8 Å². The van der Waals surface area contributed by atoms with E-state index in [1.54, 1.807) is 0 Å². The molecule has 0 aliphatic heterocycles. The number of likely N-dealkylation sites (N-methyl/N-ethyl adjacent to an activating group) is 1. The second kappa shape index (κ2) is 5.50. The molecule has 2 saturated carbocycles. The largest absolute Gasteiger partial charge is 0.326 e. The van der Waals surface area contributed by atoms with Crippen LogP contribution in [0.4, 0.5) is 0 Å². The van der Waals surface area contributed by atoms with E-state index in [1.165, 1.54) is 51.5 Å². The van der Waals surface area contributed by atoms with Crippen molar-refractivity contribution >= 4 is 0 Å². The summed E-state index contributed by atoms with van der Waals surface area (Å²) in [6.07, 6.45) is 9.60. The third-order valence-corrected chi connectivity index (χ3v) is 4.89. The van der Waals surface area contributed by atoms with E-state index in [9.17, 15) is 0 Å². The van der Waals surface area contributed by atoms with Crippen LogP contribution in [-0.2, 0) is 0 Å². The van der Waals surface area contributed by atoms with Crippen molar-refractivity contribution in [3.8, 4) is 0 Å². The number of nitrogens with two attached hydrogens (primary N) is 1. The van der Waals surface area contributed by atoms with Crippen LogP contribution in [0.1, 0.15) is 51.9 Å². The lowest BCUT2D eigenvalue weighted by Crippen LogP contribution is -2.51. The van der Waals surface area contributed by atoms with E-state index >= 15 is 0 Å². The van der Waals surface area contributed by atoms with Crippen molar-refractivity contribution in [2.45, 2.75) is 64.0 Å². The van der Waals surface area contributed by atoms with Gasteiger partial charge in [0.1, 0.15) is 0 Å². The van der Waals surface area contributed by atoms with Gasteiger partial charge in [-0.05, 0) is 51.0 Å². The summed E-state index contributed by atoms with van der Waals surface area (Å²) >= 11 is 0. The lowest BCUT2D eigenvalue weighted by molar-refractivity contribution is 0.101. The van der Waals surface area contributed by atoms with Gasteiger partial charge in [-0.15, -0.1) is 0 Å². The average molecular weight is 224 g/mol. The molecule has 0 aromatic carbocycles. The van der Waals surface area contributed by atoms with E-state index in [2.05, 4.69) is 18.9 Å². The van der Waals surface area contributed by atoms with Gasteiger partial charge in [0.2, 0.25) is 0 Å². The molecule has 2 aliphatic carbocycles. The Kier molecular flexibility index (Phi) is 4.26. The molecule has 2 nitrogen and oxygen atoms in total. The van der Waals surface area contributed by atoms with Gasteiger partial charge in [0, 0.05) is 18.6 Å². The van der Waals surface area contributed by atoms with Gasteiger partial charge in [0.25, 0.3) is 0 Å². The average Bonchev–Trinajstić information content (AvgIpc) is 2.24. The Labute approximate surface area is 101 Å². The van der Waals surface area contributed by atoms with E-state index in [-0.39, 0.29) is 0 Å². The summed E-state index contributed by atoms with van der Waals surface area (Å²) in [5, 5.41) is 0. The van der Waals surface area contributed by atoms with Gasteiger partial charge in [-0.2, -0.15) is 0 Å². The fourth-order valence-electron chi connectivity index (χ4n) is 3.35. The highest BCUT2D eigenvalue weighted by molar-refractivity contribution is 4.89. The van der Waals surface area contributed by atoms with Gasteiger partial charge in [-0.1, -0.05) is 19.8 Å². The molecular formula is C14H28N2. The minimum atomic E-state index is 0.424. The molecule has 0 radical (unpaired) electrons. The first-order valence-electron chi connectivity index (χ1n) is 7.16. The Morgan fingerprint density at radius 1 is 1.12 bits per heavy atom. The van der Waals surface area contributed by atoms with Crippen LogP contribution in [0.15, 0.2) is 0 Å². The van der Waals surface area contributed by atoms with Gasteiger partial charge in [-0.3, -0.25) is 0 Å². The molecule has 2 heteroatoms. The van der Waals surface area contributed by atoms with Crippen molar-refractivity contribution in [3.05, 3.63) is 0 Å². The molecule has 3 unspecified atom stereocenters. The van der Waals surface area contributed by atoms with Crippen molar-refractivity contribution in [2.24, 2.45) is 17.6 Å². The normalized spacial score (nSPS) is 36.4. The highest BCUT2D eigenvalue weighted by Crippen LogP contribution is 2.32. The van der Waals surface area contributed by atoms with Crippen LogP contribution in [-0.4, -0.2) is 30.6 Å². The van der Waals surface area contributed by atoms with Gasteiger partial charge in [0.15, 0.2) is 0 Å². The summed E-state index contributed by atoms with van der Waals surface area (Å²) in [7, 11) is 2.29. The first kappa shape index (κ1) is 12.4. The predicted octanol–water partition coefficient (Wildman–Crippen LogP) is 2.62. The van der Waals surface area contributed by atoms with Crippen LogP contribution < -0.4 is 5.73 Å². The summed E-state index contributed by atoms with van der Waals surface area (Å²) in [6, 6.07) is 1.08. The molecule has 2 aliphatic rings. The summed E-state index contributed by atoms with van der Waals surface area (Å²) in [5.41, 5.74) is 6.29. The number of nitrogens with zero attached hydrogens (tertiary/aromatic N) is 1. The maximum Gasteiger partial charge on any atom is 0.0246 e. The van der Waals surface area contributed by atoms with E-state index < -0.39 is 0 Å². The van der Waals surface area contributed by atoms with Crippen molar-refractivity contribution in [1.29, 1.82) is 0 Å². The summed E-state index contributed by atoms with van der Waals surface area (Å²) in [6.45, 7) is 3.61. The van der Waals surface area contributed by atoms with Crippen LogP contribution >= 0.6 is 0 Å². The molecule has 0 amide bonds. The van der Waals surface area contributed by atoms with Crippen molar-refractivity contribution < 1.29 is 0 Å². The zero-order valence-corrected chi connectivity index (χ0v) is 11.0. The second-order valence-corrected chi connectivity index (χ2v) is 6.06. The molecule has 0 spiro atoms. The molecule has 0 heterocycles. The molecule has 2 fully saturated rings. The number of hydrogen-bond donors (Lipinski definition) is 1. The topological polar surface area (TPSA) is 29.3 Å². The smallest absolute Gasteiger partial charge is 0.0246 e. The van der Waals surface area contributed by atoms with E-state index in [4.69, 9.17) is 5.73 Å². The summed E-state index contributed by atoms with van der Waals surface area (Å²) < 4.78 is 0. The van der Waals surface area contributed by atoms with E-state index in [1.807, 2.05) is 0 Å². The zero-order valence-electron chi connectivity index (χ0n) is 11.0. The molecule has 3 atom stereocenters. The SMILES string of the molecule is CCC1CCC(N)C(N(C)CC2CCC2)C1. The quantitative estimate of drug-likeness (QED) is 0.795. The van der Waals surface area contributed by atoms with Gasteiger partial charge < -0.3 is 10.6 Å². The van der Waals surface area contributed by atoms with Crippen molar-refractivity contribution in [2.75, 3.05) is 13.6 Å². The maximum absolute atomic E-state index is 6.29. The lowest BCUT2D eigenvalue weighted by Gasteiger charge is -2.42. The summed E-state index contributed by atoms with van der Waals surface area (Å²) in [4.78, 5) is 2.57. The minimum absolute atomic E-state index is 0.424. The third kappa shape index (κ3) is 2.78. The first-order valence-corrected chi connectivity index (χ1v) is 7.16. The molecule has 0 aromatic rings. The standard InChI is InChI=1S/C14H28N2/c1-3-11-7-8-13(15)14(9-11)16(2)10-12-5-4-6-12/h11-14H,3-10,15H2,1-2H3. The van der Waals surface area contributed by atoms with Crippen LogP contribution in [0.2, 0.25) is 0 Å². The number of rotatable bonds is 4. The Balaban J connectivity index is 1.84. The van der Waals surface area contributed by atoms with Gasteiger partial charge in [0.05, 0.1) is 0 Å². The van der Waals surface area contributed by atoms with E-state index in [0.717, 1.165) is 11.8 Å². The number of hydrogen-bond acceptors (Lipinski definition) is 2. The fourth-order valence-corrected chi connectivity index (χ4v) is 3.35.